The van der Waals surface area contributed by atoms with Crippen LogP contribution in [0.5, 0.6) is 0 Å². The summed E-state index contributed by atoms with van der Waals surface area (Å²) in [7, 11) is -3.74. The predicted octanol–water partition coefficient (Wildman–Crippen LogP) is 3.22. The molecule has 4 aromatic rings. The Morgan fingerprint density at radius 3 is 2.32 bits per heavy atom. The summed E-state index contributed by atoms with van der Waals surface area (Å²) < 4.78 is 35.7. The molecule has 0 atom stereocenters. The smallest absolute Gasteiger partial charge is 0.238 e. The minimum absolute atomic E-state index is 0.0232. The van der Waals surface area contributed by atoms with Gasteiger partial charge in [-0.15, -0.1) is 0 Å². The molecule has 28 heavy (non-hydrogen) atoms. The fourth-order valence-electron chi connectivity index (χ4n) is 2.67. The molecule has 0 fully saturated rings. The minimum atomic E-state index is -3.74. The van der Waals surface area contributed by atoms with E-state index in [0.29, 0.717) is 17.2 Å². The summed E-state index contributed by atoms with van der Waals surface area (Å²) in [6.45, 7) is 0. The zero-order chi connectivity index (χ0) is 19.7. The molecule has 0 saturated heterocycles. The number of anilines is 2. The van der Waals surface area contributed by atoms with Crippen LogP contribution in [0.15, 0.2) is 71.9 Å². The first-order valence-electron chi connectivity index (χ1n) is 8.17. The number of aromatic nitrogens is 3. The molecule has 3 N–H and O–H groups in total. The molecule has 0 spiro atoms. The maximum absolute atomic E-state index is 13.0. The molecule has 0 unspecified atom stereocenters. The Morgan fingerprint density at radius 1 is 0.893 bits per heavy atom. The predicted molar refractivity (Wildman–Crippen MR) is 104 cm³/mol. The lowest BCUT2D eigenvalue weighted by atomic mass is 10.1. The third kappa shape index (κ3) is 3.80. The summed E-state index contributed by atoms with van der Waals surface area (Å²) in [6.07, 6.45) is 3.14. The summed E-state index contributed by atoms with van der Waals surface area (Å²) in [4.78, 5) is 12.4. The normalized spacial score (nSPS) is 11.5. The Kier molecular flexibility index (Phi) is 4.46. The van der Waals surface area contributed by atoms with Crippen molar-refractivity contribution in [3.05, 3.63) is 72.9 Å². The second-order valence-corrected chi connectivity index (χ2v) is 7.59. The molecule has 7 nitrogen and oxygen atoms in total. The Labute approximate surface area is 160 Å². The van der Waals surface area contributed by atoms with Gasteiger partial charge in [-0.3, -0.25) is 0 Å². The highest BCUT2D eigenvalue weighted by atomic mass is 32.2. The van der Waals surface area contributed by atoms with Crippen molar-refractivity contribution in [3.63, 3.8) is 0 Å². The molecule has 0 aliphatic heterocycles. The molecule has 0 aliphatic carbocycles. The van der Waals surface area contributed by atoms with Crippen LogP contribution in [0.2, 0.25) is 0 Å². The largest absolute Gasteiger partial charge is 0.324 e. The van der Waals surface area contributed by atoms with Crippen molar-refractivity contribution in [2.75, 3.05) is 5.32 Å². The van der Waals surface area contributed by atoms with E-state index in [1.807, 2.05) is 18.2 Å². The Bertz CT molecular complexity index is 1260. The molecule has 0 radical (unpaired) electrons. The Balaban J connectivity index is 1.64. The quantitative estimate of drug-likeness (QED) is 0.513. The van der Waals surface area contributed by atoms with Crippen molar-refractivity contribution in [2.45, 2.75) is 4.90 Å². The van der Waals surface area contributed by atoms with Crippen LogP contribution in [0, 0.1) is 5.95 Å². The number of primary sulfonamides is 1. The fraction of sp³-hybridized carbons (Fsp3) is 0. The van der Waals surface area contributed by atoms with E-state index >= 15 is 0 Å². The lowest BCUT2D eigenvalue weighted by Gasteiger charge is -2.08. The van der Waals surface area contributed by atoms with Gasteiger partial charge in [0.25, 0.3) is 0 Å². The Hall–Kier alpha value is -3.43. The molecule has 4 rings (SSSR count). The summed E-state index contributed by atoms with van der Waals surface area (Å²) >= 11 is 0. The Morgan fingerprint density at radius 2 is 1.64 bits per heavy atom. The van der Waals surface area contributed by atoms with Crippen LogP contribution in [-0.4, -0.2) is 23.4 Å². The molecule has 0 saturated carbocycles. The number of nitrogens with two attached hydrogens (primary N) is 1. The van der Waals surface area contributed by atoms with E-state index in [1.54, 1.807) is 24.4 Å². The van der Waals surface area contributed by atoms with E-state index < -0.39 is 16.0 Å². The first-order valence-corrected chi connectivity index (χ1v) is 9.72. The van der Waals surface area contributed by atoms with Gasteiger partial charge in [0.05, 0.1) is 10.4 Å². The maximum Gasteiger partial charge on any atom is 0.238 e. The van der Waals surface area contributed by atoms with Gasteiger partial charge < -0.3 is 5.32 Å². The minimum Gasteiger partial charge on any atom is -0.324 e. The third-order valence-corrected chi connectivity index (χ3v) is 5.01. The fourth-order valence-corrected chi connectivity index (χ4v) is 3.18. The first kappa shape index (κ1) is 18.0. The number of fused-ring (bicyclic) bond motifs is 1. The molecule has 0 bridgehead atoms. The molecule has 2 heterocycles. The van der Waals surface area contributed by atoms with E-state index in [1.165, 1.54) is 24.4 Å². The first-order chi connectivity index (χ1) is 13.4. The van der Waals surface area contributed by atoms with Crippen LogP contribution in [0.1, 0.15) is 0 Å². The number of nitrogens with zero attached hydrogens (tertiary/aromatic N) is 3. The second kappa shape index (κ2) is 6.95. The van der Waals surface area contributed by atoms with E-state index in [0.717, 1.165) is 16.5 Å². The number of halogens is 1. The van der Waals surface area contributed by atoms with Crippen LogP contribution >= 0.6 is 0 Å². The van der Waals surface area contributed by atoms with Crippen molar-refractivity contribution >= 4 is 32.6 Å². The number of hydrogen-bond acceptors (Lipinski definition) is 6. The number of benzene rings is 2. The third-order valence-electron chi connectivity index (χ3n) is 4.08. The lowest BCUT2D eigenvalue weighted by Crippen LogP contribution is -2.11. The standard InChI is InChI=1S/C19H14FN5O2S/c20-18-8-3-13(10-22-18)12-1-2-14-11-23-19(25-17(14)9-12)24-15-4-6-16(7-5-15)28(21,26)27/h1-11H,(H2,21,26,27)(H,23,24,25). The molecule has 0 aliphatic rings. The van der Waals surface area contributed by atoms with Crippen molar-refractivity contribution in [2.24, 2.45) is 5.14 Å². The van der Waals surface area contributed by atoms with Gasteiger partial charge in [-0.25, -0.2) is 28.5 Å². The molecular formula is C19H14FN5O2S. The number of hydrogen-bond donors (Lipinski definition) is 2. The monoisotopic (exact) mass is 395 g/mol. The van der Waals surface area contributed by atoms with E-state index in [2.05, 4.69) is 20.3 Å². The van der Waals surface area contributed by atoms with Crippen LogP contribution in [0.25, 0.3) is 22.0 Å². The molecule has 0 amide bonds. The summed E-state index contributed by atoms with van der Waals surface area (Å²) in [6, 6.07) is 14.5. The average Bonchev–Trinajstić information content (AvgIpc) is 2.68. The SMILES string of the molecule is NS(=O)(=O)c1ccc(Nc2ncc3ccc(-c4ccc(F)nc4)cc3n2)cc1. The topological polar surface area (TPSA) is 111 Å². The highest BCUT2D eigenvalue weighted by Crippen LogP contribution is 2.24. The van der Waals surface area contributed by atoms with Crippen molar-refractivity contribution in [3.8, 4) is 11.1 Å². The highest BCUT2D eigenvalue weighted by molar-refractivity contribution is 7.89. The van der Waals surface area contributed by atoms with Gasteiger partial charge in [-0.05, 0) is 48.0 Å². The number of sulfonamides is 1. The molecule has 2 aromatic carbocycles. The van der Waals surface area contributed by atoms with Gasteiger partial charge in [-0.1, -0.05) is 12.1 Å². The molecular weight excluding hydrogens is 381 g/mol. The van der Waals surface area contributed by atoms with Crippen LogP contribution in [0.4, 0.5) is 16.0 Å². The van der Waals surface area contributed by atoms with Crippen LogP contribution < -0.4 is 10.5 Å². The van der Waals surface area contributed by atoms with Gasteiger partial charge in [-0.2, -0.15) is 4.39 Å². The second-order valence-electron chi connectivity index (χ2n) is 6.03. The number of rotatable bonds is 4. The van der Waals surface area contributed by atoms with Crippen molar-refractivity contribution < 1.29 is 12.8 Å². The number of pyridine rings is 1. The van der Waals surface area contributed by atoms with Gasteiger partial charge in [0.1, 0.15) is 0 Å². The number of nitrogens with one attached hydrogen (secondary N) is 1. The zero-order valence-electron chi connectivity index (χ0n) is 14.4. The summed E-state index contributed by atoms with van der Waals surface area (Å²) in [5.41, 5.74) is 2.93. The maximum atomic E-state index is 13.0. The van der Waals surface area contributed by atoms with Crippen molar-refractivity contribution in [1.82, 2.24) is 15.0 Å². The van der Waals surface area contributed by atoms with E-state index in [-0.39, 0.29) is 4.90 Å². The van der Waals surface area contributed by atoms with Gasteiger partial charge in [0, 0.05) is 29.0 Å². The highest BCUT2D eigenvalue weighted by Gasteiger charge is 2.08. The molecule has 9 heteroatoms. The van der Waals surface area contributed by atoms with E-state index in [4.69, 9.17) is 5.14 Å². The van der Waals surface area contributed by atoms with Crippen molar-refractivity contribution in [1.29, 1.82) is 0 Å². The zero-order valence-corrected chi connectivity index (χ0v) is 15.2. The van der Waals surface area contributed by atoms with Gasteiger partial charge >= 0.3 is 0 Å². The average molecular weight is 395 g/mol. The van der Waals surface area contributed by atoms with Gasteiger partial charge in [0.2, 0.25) is 21.9 Å². The lowest BCUT2D eigenvalue weighted by molar-refractivity contribution is 0.584. The van der Waals surface area contributed by atoms with Crippen LogP contribution in [-0.2, 0) is 10.0 Å². The molecule has 140 valence electrons. The van der Waals surface area contributed by atoms with Gasteiger partial charge in [0.15, 0.2) is 0 Å². The summed E-state index contributed by atoms with van der Waals surface area (Å²) in [5, 5.41) is 8.96. The summed E-state index contributed by atoms with van der Waals surface area (Å²) in [5.74, 6) is -0.183. The van der Waals surface area contributed by atoms with E-state index in [9.17, 15) is 12.8 Å². The van der Waals surface area contributed by atoms with Crippen LogP contribution in [0.3, 0.4) is 0 Å². The molecule has 2 aromatic heterocycles.